The number of amides is 1. The monoisotopic (exact) mass is 300 g/mol. The predicted molar refractivity (Wildman–Crippen MR) is 74.2 cm³/mol. The van der Waals surface area contributed by atoms with E-state index in [1.165, 1.54) is 11.0 Å². The van der Waals surface area contributed by atoms with Crippen LogP contribution in [0.5, 0.6) is 0 Å². The van der Waals surface area contributed by atoms with Crippen molar-refractivity contribution in [1.82, 2.24) is 4.90 Å². The summed E-state index contributed by atoms with van der Waals surface area (Å²) >= 11 is 0. The summed E-state index contributed by atoms with van der Waals surface area (Å²) in [4.78, 5) is 13.3. The molecule has 1 aromatic rings. The fourth-order valence-electron chi connectivity index (χ4n) is 1.79. The van der Waals surface area contributed by atoms with Gasteiger partial charge in [-0.25, -0.2) is 17.9 Å². The van der Waals surface area contributed by atoms with Gasteiger partial charge in [0.25, 0.3) is 5.91 Å². The first-order chi connectivity index (χ1) is 9.31. The summed E-state index contributed by atoms with van der Waals surface area (Å²) < 4.78 is 36.2. The van der Waals surface area contributed by atoms with E-state index in [1.807, 2.05) is 6.92 Å². The smallest absolute Gasteiger partial charge is 0.255 e. The number of rotatable bonds is 6. The van der Waals surface area contributed by atoms with Gasteiger partial charge in [0.1, 0.15) is 5.82 Å². The lowest BCUT2D eigenvalue weighted by molar-refractivity contribution is 0.0769. The van der Waals surface area contributed by atoms with Crippen LogP contribution < -0.4 is 5.14 Å². The van der Waals surface area contributed by atoms with Crippen molar-refractivity contribution in [1.29, 1.82) is 0 Å². The van der Waals surface area contributed by atoms with E-state index < -0.39 is 21.7 Å². The van der Waals surface area contributed by atoms with Crippen LogP contribution in [0, 0.1) is 5.82 Å². The topological polar surface area (TPSA) is 80.5 Å². The first-order valence-corrected chi connectivity index (χ1v) is 7.58. The van der Waals surface area contributed by atoms with Crippen LogP contribution in [0.1, 0.15) is 23.7 Å². The van der Waals surface area contributed by atoms with Gasteiger partial charge in [-0.1, -0.05) is 13.0 Å². The van der Waals surface area contributed by atoms with Crippen LogP contribution >= 0.6 is 0 Å². The van der Waals surface area contributed by atoms with Crippen molar-refractivity contribution in [3.63, 3.8) is 0 Å². The molecule has 0 aliphatic carbocycles. The second-order valence-electron chi connectivity index (χ2n) is 4.23. The van der Waals surface area contributed by atoms with Crippen LogP contribution in [0.25, 0.3) is 0 Å². The van der Waals surface area contributed by atoms with Crippen LogP contribution in [-0.4, -0.2) is 32.3 Å². The van der Waals surface area contributed by atoms with Crippen LogP contribution in [0.2, 0.25) is 0 Å². The van der Waals surface area contributed by atoms with E-state index in [-0.39, 0.29) is 17.0 Å². The Morgan fingerprint density at radius 1 is 1.50 bits per heavy atom. The number of nitrogens with zero attached hydrogens (tertiary/aromatic N) is 1. The van der Waals surface area contributed by atoms with Gasteiger partial charge in [0.05, 0.1) is 10.5 Å². The number of benzene rings is 1. The SMILES string of the molecule is C=CCN(CCC)C(=O)c1cc(F)ccc1S(N)(=O)=O. The van der Waals surface area contributed by atoms with Gasteiger partial charge in [0, 0.05) is 13.1 Å². The summed E-state index contributed by atoms with van der Waals surface area (Å²) in [6.45, 7) is 6.06. The Balaban J connectivity index is 3.32. The molecule has 0 saturated carbocycles. The maximum Gasteiger partial charge on any atom is 0.255 e. The molecule has 1 amide bonds. The van der Waals surface area contributed by atoms with Gasteiger partial charge in [-0.2, -0.15) is 0 Å². The lowest BCUT2D eigenvalue weighted by Crippen LogP contribution is -2.33. The second kappa shape index (κ2) is 6.62. The van der Waals surface area contributed by atoms with E-state index in [2.05, 4.69) is 6.58 Å². The molecule has 0 saturated heterocycles. The quantitative estimate of drug-likeness (QED) is 0.809. The molecule has 5 nitrogen and oxygen atoms in total. The summed E-state index contributed by atoms with van der Waals surface area (Å²) in [6.07, 6.45) is 2.20. The van der Waals surface area contributed by atoms with Crippen LogP contribution in [0.4, 0.5) is 4.39 Å². The molecule has 0 aromatic heterocycles. The first kappa shape index (κ1) is 16.3. The van der Waals surface area contributed by atoms with Gasteiger partial charge in [0.15, 0.2) is 0 Å². The minimum absolute atomic E-state index is 0.243. The molecule has 7 heteroatoms. The van der Waals surface area contributed by atoms with E-state index in [9.17, 15) is 17.6 Å². The molecule has 0 aliphatic rings. The molecule has 0 fully saturated rings. The zero-order valence-electron chi connectivity index (χ0n) is 11.2. The summed E-state index contributed by atoms with van der Waals surface area (Å²) in [5.74, 6) is -1.29. The Bertz CT molecular complexity index is 614. The number of hydrogen-bond donors (Lipinski definition) is 1. The van der Waals surface area contributed by atoms with Crippen molar-refractivity contribution in [3.05, 3.63) is 42.2 Å². The molecular weight excluding hydrogens is 283 g/mol. The Labute approximate surface area is 117 Å². The zero-order chi connectivity index (χ0) is 15.3. The Hall–Kier alpha value is -1.73. The summed E-state index contributed by atoms with van der Waals surface area (Å²) in [7, 11) is -4.10. The van der Waals surface area contributed by atoms with Crippen LogP contribution in [0.15, 0.2) is 35.7 Å². The van der Waals surface area contributed by atoms with Crippen molar-refractivity contribution < 1.29 is 17.6 Å². The van der Waals surface area contributed by atoms with Crippen molar-refractivity contribution in [2.45, 2.75) is 18.2 Å². The van der Waals surface area contributed by atoms with E-state index >= 15 is 0 Å². The molecular formula is C13H17FN2O3S. The van der Waals surface area contributed by atoms with Gasteiger partial charge >= 0.3 is 0 Å². The van der Waals surface area contributed by atoms with Crippen molar-refractivity contribution in [2.75, 3.05) is 13.1 Å². The largest absolute Gasteiger partial charge is 0.335 e. The highest BCUT2D eigenvalue weighted by Gasteiger charge is 2.23. The summed E-state index contributed by atoms with van der Waals surface area (Å²) in [5, 5.41) is 5.05. The number of carbonyl (C=O) groups excluding carboxylic acids is 1. The molecule has 0 aliphatic heterocycles. The Morgan fingerprint density at radius 2 is 2.15 bits per heavy atom. The van der Waals surface area contributed by atoms with Gasteiger partial charge in [-0.3, -0.25) is 4.79 Å². The lowest BCUT2D eigenvalue weighted by atomic mass is 10.2. The molecule has 0 radical (unpaired) electrons. The summed E-state index contributed by atoms with van der Waals surface area (Å²) in [6, 6.07) is 2.83. The normalized spacial score (nSPS) is 11.2. The number of primary sulfonamides is 1. The average Bonchev–Trinajstić information content (AvgIpc) is 2.36. The molecule has 1 aromatic carbocycles. The predicted octanol–water partition coefficient (Wildman–Crippen LogP) is 1.51. The van der Waals surface area contributed by atoms with Crippen LogP contribution in [-0.2, 0) is 10.0 Å². The number of nitrogens with two attached hydrogens (primary N) is 1. The molecule has 0 bridgehead atoms. The first-order valence-electron chi connectivity index (χ1n) is 6.03. The maximum absolute atomic E-state index is 13.3. The Kier molecular flexibility index (Phi) is 5.41. The molecule has 2 N–H and O–H groups in total. The van der Waals surface area contributed by atoms with E-state index in [4.69, 9.17) is 5.14 Å². The minimum Gasteiger partial charge on any atom is -0.335 e. The van der Waals surface area contributed by atoms with E-state index in [0.717, 1.165) is 18.2 Å². The van der Waals surface area contributed by atoms with Gasteiger partial charge in [-0.15, -0.1) is 6.58 Å². The van der Waals surface area contributed by atoms with Crippen molar-refractivity contribution >= 4 is 15.9 Å². The van der Waals surface area contributed by atoms with E-state index in [1.54, 1.807) is 0 Å². The third-order valence-corrected chi connectivity index (χ3v) is 3.58. The third kappa shape index (κ3) is 3.88. The molecule has 0 unspecified atom stereocenters. The van der Waals surface area contributed by atoms with E-state index in [0.29, 0.717) is 13.0 Å². The maximum atomic E-state index is 13.3. The number of halogens is 1. The van der Waals surface area contributed by atoms with Crippen molar-refractivity contribution in [2.24, 2.45) is 5.14 Å². The standard InChI is InChI=1S/C13H17FN2O3S/c1-3-7-16(8-4-2)13(17)11-9-10(14)5-6-12(11)20(15,18)19/h3,5-6,9H,1,4,7-8H2,2H3,(H2,15,18,19). The third-order valence-electron chi connectivity index (χ3n) is 2.61. The number of carbonyl (C=O) groups is 1. The second-order valence-corrected chi connectivity index (χ2v) is 5.76. The lowest BCUT2D eigenvalue weighted by Gasteiger charge is -2.21. The summed E-state index contributed by atoms with van der Waals surface area (Å²) in [5.41, 5.74) is -0.261. The van der Waals surface area contributed by atoms with Gasteiger partial charge < -0.3 is 4.90 Å². The molecule has 20 heavy (non-hydrogen) atoms. The molecule has 1 rings (SSSR count). The highest BCUT2D eigenvalue weighted by molar-refractivity contribution is 7.89. The highest BCUT2D eigenvalue weighted by atomic mass is 32.2. The minimum atomic E-state index is -4.10. The van der Waals surface area contributed by atoms with Crippen molar-refractivity contribution in [3.8, 4) is 0 Å². The Morgan fingerprint density at radius 3 is 2.65 bits per heavy atom. The zero-order valence-corrected chi connectivity index (χ0v) is 12.0. The average molecular weight is 300 g/mol. The highest BCUT2D eigenvalue weighted by Crippen LogP contribution is 2.18. The van der Waals surface area contributed by atoms with Gasteiger partial charge in [-0.05, 0) is 24.6 Å². The fourth-order valence-corrected chi connectivity index (χ4v) is 2.50. The molecule has 0 heterocycles. The van der Waals surface area contributed by atoms with Gasteiger partial charge in [0.2, 0.25) is 10.0 Å². The number of hydrogen-bond acceptors (Lipinski definition) is 3. The number of sulfonamides is 1. The van der Waals surface area contributed by atoms with Crippen LogP contribution in [0.3, 0.4) is 0 Å². The fraction of sp³-hybridized carbons (Fsp3) is 0.308. The molecule has 0 atom stereocenters. The molecule has 110 valence electrons. The molecule has 0 spiro atoms.